The van der Waals surface area contributed by atoms with Gasteiger partial charge in [0.25, 0.3) is 5.91 Å². The summed E-state index contributed by atoms with van der Waals surface area (Å²) in [6.07, 6.45) is 0. The maximum atomic E-state index is 12.1. The smallest absolute Gasteiger partial charge is 0.265 e. The fraction of sp³-hybridized carbons (Fsp3) is 0.0769. The molecule has 0 unspecified atom stereocenters. The van der Waals surface area contributed by atoms with E-state index in [2.05, 4.69) is 42.3 Å². The topological polar surface area (TPSA) is 61.7 Å². The monoisotopic (exact) mass is 416 g/mol. The van der Waals surface area contributed by atoms with Gasteiger partial charge in [-0.15, -0.1) is 11.3 Å². The Balaban J connectivity index is 2.20. The summed E-state index contributed by atoms with van der Waals surface area (Å²) in [7, 11) is 0. The quantitative estimate of drug-likeness (QED) is 0.431. The second-order valence-corrected chi connectivity index (χ2v) is 7.18. The van der Waals surface area contributed by atoms with Gasteiger partial charge in [-0.25, -0.2) is 0 Å². The number of amides is 1. The van der Waals surface area contributed by atoms with E-state index in [1.807, 2.05) is 6.07 Å². The normalized spacial score (nSPS) is 11.4. The molecule has 0 aliphatic heterocycles. The van der Waals surface area contributed by atoms with Gasteiger partial charge in [0.05, 0.1) is 14.4 Å². The van der Waals surface area contributed by atoms with Gasteiger partial charge in [-0.05, 0) is 57.0 Å². The van der Waals surface area contributed by atoms with E-state index in [1.165, 1.54) is 11.3 Å². The molecule has 4 nitrogen and oxygen atoms in total. The predicted octanol–water partition coefficient (Wildman–Crippen LogP) is 4.72. The number of nitrogens with zero attached hydrogens (tertiary/aromatic N) is 1. The van der Waals surface area contributed by atoms with Crippen molar-refractivity contribution in [1.82, 2.24) is 0 Å². The third-order valence-corrected chi connectivity index (χ3v) is 5.81. The van der Waals surface area contributed by atoms with Gasteiger partial charge >= 0.3 is 0 Å². The first-order valence-electron chi connectivity index (χ1n) is 5.56. The van der Waals surface area contributed by atoms with Gasteiger partial charge in [0, 0.05) is 15.7 Å². The van der Waals surface area contributed by atoms with Crippen molar-refractivity contribution in [3.63, 3.8) is 0 Å². The van der Waals surface area contributed by atoms with Crippen LogP contribution in [0.1, 0.15) is 22.2 Å². The van der Waals surface area contributed by atoms with E-state index in [9.17, 15) is 4.79 Å². The van der Waals surface area contributed by atoms with E-state index in [0.717, 1.165) is 13.8 Å². The van der Waals surface area contributed by atoms with Crippen LogP contribution >= 0.6 is 43.2 Å². The fourth-order valence-corrected chi connectivity index (χ4v) is 3.46. The third kappa shape index (κ3) is 3.47. The molecule has 1 aromatic heterocycles. The number of carbonyl (C=O) groups excluding carboxylic acids is 1. The molecule has 1 amide bonds. The summed E-state index contributed by atoms with van der Waals surface area (Å²) in [5, 5.41) is 14.7. The molecule has 1 aromatic carbocycles. The van der Waals surface area contributed by atoms with E-state index in [4.69, 9.17) is 5.21 Å². The Morgan fingerprint density at radius 1 is 1.35 bits per heavy atom. The van der Waals surface area contributed by atoms with Crippen molar-refractivity contribution in [1.29, 1.82) is 0 Å². The molecule has 0 spiro atoms. The van der Waals surface area contributed by atoms with Gasteiger partial charge in [-0.1, -0.05) is 17.3 Å². The Bertz CT molecular complexity index is 663. The minimum Gasteiger partial charge on any atom is -0.411 e. The largest absolute Gasteiger partial charge is 0.411 e. The SMILES string of the molecule is C/C(=N/O)c1cccc(NC(=O)c2cc(Br)c(Br)s2)c1. The number of rotatable bonds is 3. The van der Waals surface area contributed by atoms with Crippen molar-refractivity contribution in [3.05, 3.63) is 49.0 Å². The molecule has 0 atom stereocenters. The molecular weight excluding hydrogens is 408 g/mol. The van der Waals surface area contributed by atoms with Crippen LogP contribution in [0.15, 0.2) is 43.7 Å². The zero-order valence-electron chi connectivity index (χ0n) is 10.4. The van der Waals surface area contributed by atoms with E-state index in [0.29, 0.717) is 16.3 Å². The lowest BCUT2D eigenvalue weighted by Gasteiger charge is -2.05. The van der Waals surface area contributed by atoms with Crippen LogP contribution in [0.5, 0.6) is 0 Å². The highest BCUT2D eigenvalue weighted by Gasteiger charge is 2.12. The van der Waals surface area contributed by atoms with Gasteiger partial charge in [-0.3, -0.25) is 4.79 Å². The van der Waals surface area contributed by atoms with Crippen LogP contribution in [0, 0.1) is 0 Å². The molecule has 0 fully saturated rings. The van der Waals surface area contributed by atoms with Crippen LogP contribution < -0.4 is 5.32 Å². The molecule has 0 saturated carbocycles. The standard InChI is InChI=1S/C13H10Br2N2O2S/c1-7(17-19)8-3-2-4-9(5-8)16-13(18)11-6-10(14)12(15)20-11/h2-6,19H,1H3,(H,16,18)/b17-7-. The van der Waals surface area contributed by atoms with Crippen molar-refractivity contribution < 1.29 is 10.0 Å². The average molecular weight is 418 g/mol. The number of hydrogen-bond acceptors (Lipinski definition) is 4. The highest BCUT2D eigenvalue weighted by molar-refractivity contribution is 9.13. The molecule has 0 bridgehead atoms. The molecule has 2 N–H and O–H groups in total. The van der Waals surface area contributed by atoms with E-state index in [-0.39, 0.29) is 5.91 Å². The van der Waals surface area contributed by atoms with Crippen LogP contribution in [-0.4, -0.2) is 16.8 Å². The second-order valence-electron chi connectivity index (χ2n) is 3.95. The summed E-state index contributed by atoms with van der Waals surface area (Å²) in [6.45, 7) is 1.69. The lowest BCUT2D eigenvalue weighted by atomic mass is 10.1. The second kappa shape index (κ2) is 6.51. The van der Waals surface area contributed by atoms with Gasteiger partial charge in [-0.2, -0.15) is 0 Å². The Morgan fingerprint density at radius 3 is 2.70 bits per heavy atom. The van der Waals surface area contributed by atoms with E-state index in [1.54, 1.807) is 31.2 Å². The highest BCUT2D eigenvalue weighted by Crippen LogP contribution is 2.32. The molecule has 7 heteroatoms. The first-order valence-corrected chi connectivity index (χ1v) is 7.97. The highest BCUT2D eigenvalue weighted by atomic mass is 79.9. The van der Waals surface area contributed by atoms with E-state index >= 15 is 0 Å². The third-order valence-electron chi connectivity index (χ3n) is 2.56. The van der Waals surface area contributed by atoms with Crippen molar-refractivity contribution in [2.75, 3.05) is 5.32 Å². The number of anilines is 1. The molecule has 20 heavy (non-hydrogen) atoms. The van der Waals surface area contributed by atoms with Gasteiger partial charge in [0.15, 0.2) is 0 Å². The Labute approximate surface area is 136 Å². The van der Waals surface area contributed by atoms with Crippen molar-refractivity contribution in [3.8, 4) is 0 Å². The molecule has 0 saturated heterocycles. The maximum Gasteiger partial charge on any atom is 0.265 e. The van der Waals surface area contributed by atoms with Crippen molar-refractivity contribution in [2.24, 2.45) is 5.16 Å². The molecule has 0 aliphatic carbocycles. The lowest BCUT2D eigenvalue weighted by Crippen LogP contribution is -2.10. The molecule has 2 aromatic rings. The minimum absolute atomic E-state index is 0.183. The summed E-state index contributed by atoms with van der Waals surface area (Å²) in [4.78, 5) is 12.7. The van der Waals surface area contributed by atoms with Crippen molar-refractivity contribution >= 4 is 60.5 Å². The molecule has 2 rings (SSSR count). The number of oxime groups is 1. The lowest BCUT2D eigenvalue weighted by molar-refractivity contribution is 0.103. The van der Waals surface area contributed by atoms with Gasteiger partial charge in [0.1, 0.15) is 0 Å². The first kappa shape index (κ1) is 15.2. The number of hydrogen-bond donors (Lipinski definition) is 2. The minimum atomic E-state index is -0.183. The zero-order valence-corrected chi connectivity index (χ0v) is 14.3. The maximum absolute atomic E-state index is 12.1. The summed E-state index contributed by atoms with van der Waals surface area (Å²) in [5.41, 5.74) is 1.89. The summed E-state index contributed by atoms with van der Waals surface area (Å²) < 4.78 is 1.73. The summed E-state index contributed by atoms with van der Waals surface area (Å²) in [5.74, 6) is -0.183. The summed E-state index contributed by atoms with van der Waals surface area (Å²) in [6, 6.07) is 8.89. The van der Waals surface area contributed by atoms with Gasteiger partial charge < -0.3 is 10.5 Å². The van der Waals surface area contributed by atoms with Crippen LogP contribution in [0.4, 0.5) is 5.69 Å². The molecule has 104 valence electrons. The Hall–Kier alpha value is -1.18. The number of benzene rings is 1. The average Bonchev–Trinajstić information content (AvgIpc) is 2.78. The Kier molecular flexibility index (Phi) is 4.95. The van der Waals surface area contributed by atoms with Crippen molar-refractivity contribution in [2.45, 2.75) is 6.92 Å². The molecule has 0 radical (unpaired) electrons. The first-order chi connectivity index (χ1) is 9.51. The number of thiophene rings is 1. The van der Waals surface area contributed by atoms with Gasteiger partial charge in [0.2, 0.25) is 0 Å². The Morgan fingerprint density at radius 2 is 2.10 bits per heavy atom. The van der Waals surface area contributed by atoms with Crippen LogP contribution in [0.25, 0.3) is 0 Å². The predicted molar refractivity (Wildman–Crippen MR) is 88.1 cm³/mol. The van der Waals surface area contributed by atoms with Crippen LogP contribution in [0.2, 0.25) is 0 Å². The number of carbonyl (C=O) groups is 1. The fourth-order valence-electron chi connectivity index (χ4n) is 1.53. The number of halogens is 2. The van der Waals surface area contributed by atoms with Crippen LogP contribution in [0.3, 0.4) is 0 Å². The number of nitrogens with one attached hydrogen (secondary N) is 1. The molecule has 0 aliphatic rings. The molecular formula is C13H10Br2N2O2S. The van der Waals surface area contributed by atoms with E-state index < -0.39 is 0 Å². The van der Waals surface area contributed by atoms with Crippen LogP contribution in [-0.2, 0) is 0 Å². The molecule has 1 heterocycles. The summed E-state index contributed by atoms with van der Waals surface area (Å²) >= 11 is 8.06. The zero-order chi connectivity index (χ0) is 14.7.